The third-order valence-electron chi connectivity index (χ3n) is 4.20. The first-order chi connectivity index (χ1) is 14.3. The van der Waals surface area contributed by atoms with Gasteiger partial charge in [-0.05, 0) is 64.3 Å². The van der Waals surface area contributed by atoms with Crippen LogP contribution >= 0.6 is 15.9 Å². The first kappa shape index (κ1) is 23.9. The Labute approximate surface area is 186 Å². The van der Waals surface area contributed by atoms with E-state index in [9.17, 15) is 13.2 Å². The Bertz CT molecular complexity index is 994. The van der Waals surface area contributed by atoms with Crippen molar-refractivity contribution in [2.45, 2.75) is 18.2 Å². The molecule has 0 saturated carbocycles. The fourth-order valence-electron chi connectivity index (χ4n) is 2.64. The fourth-order valence-corrected chi connectivity index (χ4v) is 4.56. The number of benzene rings is 2. The maximum atomic E-state index is 12.7. The monoisotopic (exact) mass is 492 g/mol. The molecule has 0 spiro atoms. The highest BCUT2D eigenvalue weighted by molar-refractivity contribution is 9.10. The van der Waals surface area contributed by atoms with Crippen molar-refractivity contribution in [3.63, 3.8) is 0 Å². The average molecular weight is 493 g/mol. The molecule has 0 aliphatic rings. The number of anilines is 1. The Morgan fingerprint density at radius 1 is 1.13 bits per heavy atom. The number of aryl methyl sites for hydroxylation is 1. The van der Waals surface area contributed by atoms with Gasteiger partial charge in [0.2, 0.25) is 10.0 Å². The molecular weight excluding hydrogens is 468 g/mol. The number of carbonyl (C=O) groups excluding carboxylic acids is 1. The van der Waals surface area contributed by atoms with E-state index >= 15 is 0 Å². The molecule has 2 aromatic rings. The van der Waals surface area contributed by atoms with Crippen molar-refractivity contribution in [3.8, 4) is 5.75 Å². The van der Waals surface area contributed by atoms with Crippen LogP contribution in [0.25, 0.3) is 0 Å². The lowest BCUT2D eigenvalue weighted by molar-refractivity contribution is -0.118. The van der Waals surface area contributed by atoms with Crippen LogP contribution in [0.2, 0.25) is 0 Å². The van der Waals surface area contributed by atoms with Crippen molar-refractivity contribution in [3.05, 3.63) is 77.8 Å². The number of carbonyl (C=O) groups is 1. The quantitative estimate of drug-likeness (QED) is 0.471. The summed E-state index contributed by atoms with van der Waals surface area (Å²) in [6.45, 7) is 9.42. The summed E-state index contributed by atoms with van der Waals surface area (Å²) in [5.41, 5.74) is 1.63. The van der Waals surface area contributed by atoms with Crippen molar-refractivity contribution in [2.24, 2.45) is 0 Å². The molecule has 2 aromatic carbocycles. The second-order valence-corrected chi connectivity index (χ2v) is 9.17. The van der Waals surface area contributed by atoms with Gasteiger partial charge >= 0.3 is 0 Å². The maximum Gasteiger partial charge on any atom is 0.262 e. The number of nitrogens with one attached hydrogen (secondary N) is 1. The Hall–Kier alpha value is -2.42. The zero-order chi connectivity index (χ0) is 22.1. The van der Waals surface area contributed by atoms with Crippen LogP contribution in [-0.2, 0) is 21.2 Å². The van der Waals surface area contributed by atoms with Crippen molar-refractivity contribution in [2.75, 3.05) is 25.0 Å². The summed E-state index contributed by atoms with van der Waals surface area (Å²) in [6.07, 6.45) is 3.94. The third-order valence-corrected chi connectivity index (χ3v) is 6.67. The van der Waals surface area contributed by atoms with Crippen LogP contribution in [0.5, 0.6) is 5.75 Å². The molecule has 0 saturated heterocycles. The Morgan fingerprint density at radius 3 is 2.30 bits per heavy atom. The normalized spacial score (nSPS) is 11.2. The van der Waals surface area contributed by atoms with E-state index in [0.29, 0.717) is 11.4 Å². The van der Waals surface area contributed by atoms with Gasteiger partial charge in [0.15, 0.2) is 6.61 Å². The van der Waals surface area contributed by atoms with Gasteiger partial charge in [0.25, 0.3) is 5.91 Å². The van der Waals surface area contributed by atoms with Gasteiger partial charge in [-0.15, -0.1) is 13.2 Å². The summed E-state index contributed by atoms with van der Waals surface area (Å²) in [7, 11) is -3.68. The van der Waals surface area contributed by atoms with Crippen LogP contribution in [0.1, 0.15) is 12.5 Å². The molecule has 0 bridgehead atoms. The number of amides is 1. The van der Waals surface area contributed by atoms with Crippen LogP contribution in [0, 0.1) is 0 Å². The smallest absolute Gasteiger partial charge is 0.262 e. The molecule has 0 atom stereocenters. The molecule has 0 radical (unpaired) electrons. The number of rotatable bonds is 11. The molecule has 0 unspecified atom stereocenters. The van der Waals surface area contributed by atoms with Crippen molar-refractivity contribution in [1.82, 2.24) is 4.31 Å². The van der Waals surface area contributed by atoms with Crippen LogP contribution in [0.4, 0.5) is 5.69 Å². The molecule has 6 nitrogen and oxygen atoms in total. The van der Waals surface area contributed by atoms with Gasteiger partial charge in [-0.25, -0.2) is 8.42 Å². The molecule has 8 heteroatoms. The van der Waals surface area contributed by atoms with Gasteiger partial charge in [-0.1, -0.05) is 25.1 Å². The topological polar surface area (TPSA) is 75.7 Å². The van der Waals surface area contributed by atoms with Crippen LogP contribution < -0.4 is 10.1 Å². The predicted molar refractivity (Wildman–Crippen MR) is 123 cm³/mol. The van der Waals surface area contributed by atoms with Gasteiger partial charge in [-0.3, -0.25) is 4.79 Å². The van der Waals surface area contributed by atoms with Crippen LogP contribution in [-0.4, -0.2) is 38.3 Å². The van der Waals surface area contributed by atoms with Crippen LogP contribution in [0.15, 0.2) is 77.1 Å². The molecule has 0 aromatic heterocycles. The van der Waals surface area contributed by atoms with Gasteiger partial charge in [0, 0.05) is 18.8 Å². The summed E-state index contributed by atoms with van der Waals surface area (Å²) in [6, 6.07) is 11.7. The number of hydrogen-bond donors (Lipinski definition) is 1. The minimum absolute atomic E-state index is 0.125. The molecule has 2 rings (SSSR count). The van der Waals surface area contributed by atoms with Gasteiger partial charge in [0.05, 0.1) is 9.37 Å². The van der Waals surface area contributed by atoms with Crippen molar-refractivity contribution >= 4 is 37.5 Å². The maximum absolute atomic E-state index is 12.7. The zero-order valence-corrected chi connectivity index (χ0v) is 19.2. The Morgan fingerprint density at radius 2 is 1.77 bits per heavy atom. The first-order valence-corrected chi connectivity index (χ1v) is 11.6. The van der Waals surface area contributed by atoms with E-state index < -0.39 is 10.0 Å². The van der Waals surface area contributed by atoms with E-state index in [2.05, 4.69) is 41.3 Å². The SMILES string of the molecule is C=CCN(CC=C)S(=O)(=O)c1ccc(NC(=O)COc2ccc(CC)cc2Br)cc1. The molecule has 0 aliphatic carbocycles. The van der Waals surface area contributed by atoms with Crippen LogP contribution in [0.3, 0.4) is 0 Å². The van der Waals surface area contributed by atoms with E-state index in [1.54, 1.807) is 0 Å². The summed E-state index contributed by atoms with van der Waals surface area (Å²) in [4.78, 5) is 12.3. The molecule has 1 amide bonds. The van der Waals surface area contributed by atoms with E-state index in [1.807, 2.05) is 18.2 Å². The Balaban J connectivity index is 2.00. The molecule has 0 fully saturated rings. The van der Waals surface area contributed by atoms with Gasteiger partial charge < -0.3 is 10.1 Å². The predicted octanol–water partition coefficient (Wildman–Crippen LogP) is 4.39. The lowest BCUT2D eigenvalue weighted by Gasteiger charge is -2.19. The van der Waals surface area contributed by atoms with Crippen molar-refractivity contribution in [1.29, 1.82) is 0 Å². The van der Waals surface area contributed by atoms with E-state index in [0.717, 1.165) is 16.5 Å². The fraction of sp³-hybridized carbons (Fsp3) is 0.227. The number of hydrogen-bond acceptors (Lipinski definition) is 4. The molecule has 0 heterocycles. The van der Waals surface area contributed by atoms with Gasteiger partial charge in [0.1, 0.15) is 5.75 Å². The number of halogens is 1. The lowest BCUT2D eigenvalue weighted by Crippen LogP contribution is -2.31. The minimum Gasteiger partial charge on any atom is -0.483 e. The molecule has 160 valence electrons. The zero-order valence-electron chi connectivity index (χ0n) is 16.8. The van der Waals surface area contributed by atoms with E-state index in [4.69, 9.17) is 4.74 Å². The number of sulfonamides is 1. The molecule has 0 aliphatic heterocycles. The lowest BCUT2D eigenvalue weighted by atomic mass is 10.2. The number of nitrogens with zero attached hydrogens (tertiary/aromatic N) is 1. The largest absolute Gasteiger partial charge is 0.483 e. The highest BCUT2D eigenvalue weighted by atomic mass is 79.9. The summed E-state index contributed by atoms with van der Waals surface area (Å²) < 4.78 is 33.0. The number of ether oxygens (including phenoxy) is 1. The summed E-state index contributed by atoms with van der Waals surface area (Å²) in [5.74, 6) is 0.227. The standard InChI is InChI=1S/C22H25BrN2O4S/c1-4-13-25(14-5-2)30(27,28)19-10-8-18(9-11-19)24-22(26)16-29-21-12-7-17(6-3)15-20(21)23/h4-5,7-12,15H,1-2,6,13-14,16H2,3H3,(H,24,26). The second kappa shape index (κ2) is 11.1. The van der Waals surface area contributed by atoms with Gasteiger partial charge in [-0.2, -0.15) is 4.31 Å². The van der Waals surface area contributed by atoms with E-state index in [1.165, 1.54) is 40.7 Å². The van der Waals surface area contributed by atoms with E-state index in [-0.39, 0.29) is 30.5 Å². The average Bonchev–Trinajstić information content (AvgIpc) is 2.73. The molecule has 1 N–H and O–H groups in total. The minimum atomic E-state index is -3.68. The van der Waals surface area contributed by atoms with Crippen molar-refractivity contribution < 1.29 is 17.9 Å². The first-order valence-electron chi connectivity index (χ1n) is 9.35. The molecular formula is C22H25BrN2O4S. The third kappa shape index (κ3) is 6.29. The molecule has 30 heavy (non-hydrogen) atoms. The summed E-state index contributed by atoms with van der Waals surface area (Å²) in [5, 5.41) is 2.69. The second-order valence-electron chi connectivity index (χ2n) is 6.38. The highest BCUT2D eigenvalue weighted by Gasteiger charge is 2.22. The Kier molecular flexibility index (Phi) is 8.83. The summed E-state index contributed by atoms with van der Waals surface area (Å²) >= 11 is 3.44. The highest BCUT2D eigenvalue weighted by Crippen LogP contribution is 2.26.